The molecular formula is C18H20BrN5O4. The first-order chi connectivity index (χ1) is 13.5. The van der Waals surface area contributed by atoms with Gasteiger partial charge in [0.15, 0.2) is 0 Å². The predicted octanol–water partition coefficient (Wildman–Crippen LogP) is 3.67. The van der Waals surface area contributed by atoms with E-state index in [4.69, 9.17) is 4.74 Å². The summed E-state index contributed by atoms with van der Waals surface area (Å²) in [5, 5.41) is 14.8. The number of halogens is 1. The van der Waals surface area contributed by atoms with Crippen molar-refractivity contribution in [2.24, 2.45) is 5.92 Å². The topological polar surface area (TPSA) is 110 Å². The van der Waals surface area contributed by atoms with Crippen LogP contribution in [0, 0.1) is 16.0 Å². The lowest BCUT2D eigenvalue weighted by Crippen LogP contribution is -2.40. The molecule has 1 N–H and O–H groups in total. The number of benzene rings is 1. The summed E-state index contributed by atoms with van der Waals surface area (Å²) in [6.45, 7) is 2.96. The van der Waals surface area contributed by atoms with E-state index in [9.17, 15) is 14.9 Å². The molecule has 0 saturated carbocycles. The van der Waals surface area contributed by atoms with E-state index in [-0.39, 0.29) is 29.2 Å². The minimum Gasteiger partial charge on any atom is -0.466 e. The zero-order chi connectivity index (χ0) is 20.1. The van der Waals surface area contributed by atoms with Crippen LogP contribution >= 0.6 is 15.9 Å². The van der Waals surface area contributed by atoms with Gasteiger partial charge in [0.2, 0.25) is 11.6 Å². The number of nitrogens with one attached hydrogen (secondary N) is 1. The number of rotatable bonds is 6. The number of ether oxygens (including phenoxy) is 1. The van der Waals surface area contributed by atoms with Gasteiger partial charge in [-0.05, 0) is 47.8 Å². The van der Waals surface area contributed by atoms with E-state index in [0.29, 0.717) is 31.8 Å². The molecule has 3 rings (SSSR count). The monoisotopic (exact) mass is 449 g/mol. The van der Waals surface area contributed by atoms with Gasteiger partial charge < -0.3 is 15.0 Å². The largest absolute Gasteiger partial charge is 0.466 e. The molecule has 148 valence electrons. The summed E-state index contributed by atoms with van der Waals surface area (Å²) in [6.07, 6.45) is 2.70. The second kappa shape index (κ2) is 8.96. The van der Waals surface area contributed by atoms with Crippen LogP contribution in [0.1, 0.15) is 19.8 Å². The molecule has 0 bridgehead atoms. The number of anilines is 3. The summed E-state index contributed by atoms with van der Waals surface area (Å²) in [5.41, 5.74) is 0.432. The molecule has 28 heavy (non-hydrogen) atoms. The molecule has 1 atom stereocenters. The van der Waals surface area contributed by atoms with Crippen LogP contribution in [0.2, 0.25) is 0 Å². The van der Waals surface area contributed by atoms with Gasteiger partial charge in [0, 0.05) is 17.6 Å². The van der Waals surface area contributed by atoms with Crippen LogP contribution in [0.15, 0.2) is 35.1 Å². The third-order valence-electron chi connectivity index (χ3n) is 4.45. The Labute approximate surface area is 170 Å². The maximum Gasteiger partial charge on any atom is 0.353 e. The number of para-hydroxylation sites is 1. The van der Waals surface area contributed by atoms with Crippen LogP contribution in [0.4, 0.5) is 23.0 Å². The molecule has 9 nitrogen and oxygen atoms in total. The highest BCUT2D eigenvalue weighted by Gasteiger charge is 2.33. The second-order valence-electron chi connectivity index (χ2n) is 6.29. The Balaban J connectivity index is 1.92. The van der Waals surface area contributed by atoms with Gasteiger partial charge in [-0.1, -0.05) is 12.1 Å². The van der Waals surface area contributed by atoms with Gasteiger partial charge in [0.05, 0.1) is 23.1 Å². The zero-order valence-electron chi connectivity index (χ0n) is 15.3. The van der Waals surface area contributed by atoms with Gasteiger partial charge in [-0.25, -0.2) is 9.97 Å². The molecule has 1 saturated heterocycles. The van der Waals surface area contributed by atoms with E-state index >= 15 is 0 Å². The minimum atomic E-state index is -0.498. The average molecular weight is 450 g/mol. The Bertz CT molecular complexity index is 879. The Kier molecular flexibility index (Phi) is 6.40. The number of carbonyl (C=O) groups excluding carboxylic acids is 1. The number of esters is 1. The molecule has 1 aliphatic rings. The maximum atomic E-state index is 12.1. The van der Waals surface area contributed by atoms with E-state index in [1.807, 2.05) is 18.2 Å². The predicted molar refractivity (Wildman–Crippen MR) is 108 cm³/mol. The van der Waals surface area contributed by atoms with Gasteiger partial charge in [-0.15, -0.1) is 0 Å². The Morgan fingerprint density at radius 2 is 2.21 bits per heavy atom. The number of hydrogen-bond acceptors (Lipinski definition) is 8. The Morgan fingerprint density at radius 3 is 2.93 bits per heavy atom. The van der Waals surface area contributed by atoms with E-state index in [1.54, 1.807) is 17.9 Å². The van der Waals surface area contributed by atoms with Crippen molar-refractivity contribution in [3.05, 3.63) is 45.2 Å². The smallest absolute Gasteiger partial charge is 0.353 e. The number of nitrogens with zero attached hydrogens (tertiary/aromatic N) is 4. The number of hydrogen-bond donors (Lipinski definition) is 1. The van der Waals surface area contributed by atoms with Crippen LogP contribution in [-0.4, -0.2) is 40.6 Å². The Hall–Kier alpha value is -2.75. The first-order valence-electron chi connectivity index (χ1n) is 8.93. The van der Waals surface area contributed by atoms with Crippen molar-refractivity contribution in [2.45, 2.75) is 19.8 Å². The fraction of sp³-hybridized carbons (Fsp3) is 0.389. The lowest BCUT2D eigenvalue weighted by molar-refractivity contribution is -0.383. The summed E-state index contributed by atoms with van der Waals surface area (Å²) < 4.78 is 5.86. The van der Waals surface area contributed by atoms with Crippen LogP contribution in [0.25, 0.3) is 0 Å². The molecule has 0 spiro atoms. The van der Waals surface area contributed by atoms with E-state index in [1.165, 1.54) is 6.33 Å². The third-order valence-corrected chi connectivity index (χ3v) is 5.14. The van der Waals surface area contributed by atoms with Gasteiger partial charge in [0.1, 0.15) is 6.33 Å². The first-order valence-corrected chi connectivity index (χ1v) is 9.73. The summed E-state index contributed by atoms with van der Waals surface area (Å²) in [6, 6.07) is 7.27. The summed E-state index contributed by atoms with van der Waals surface area (Å²) in [4.78, 5) is 33.4. The summed E-state index contributed by atoms with van der Waals surface area (Å²) in [5.74, 6) is -0.317. The molecule has 10 heteroatoms. The van der Waals surface area contributed by atoms with Crippen molar-refractivity contribution >= 4 is 44.9 Å². The molecule has 1 aliphatic heterocycles. The highest BCUT2D eigenvalue weighted by atomic mass is 79.9. The average Bonchev–Trinajstić information content (AvgIpc) is 2.69. The highest BCUT2D eigenvalue weighted by molar-refractivity contribution is 9.10. The van der Waals surface area contributed by atoms with E-state index < -0.39 is 4.92 Å². The lowest BCUT2D eigenvalue weighted by atomic mass is 9.98. The van der Waals surface area contributed by atoms with Crippen molar-refractivity contribution in [3.63, 3.8) is 0 Å². The summed E-state index contributed by atoms with van der Waals surface area (Å²) in [7, 11) is 0. The normalized spacial score (nSPS) is 16.5. The highest BCUT2D eigenvalue weighted by Crippen LogP contribution is 2.36. The minimum absolute atomic E-state index is 0.0974. The van der Waals surface area contributed by atoms with Crippen LogP contribution in [-0.2, 0) is 9.53 Å². The molecular weight excluding hydrogens is 430 g/mol. The van der Waals surface area contributed by atoms with Gasteiger partial charge in [-0.3, -0.25) is 14.9 Å². The van der Waals surface area contributed by atoms with Crippen molar-refractivity contribution < 1.29 is 14.5 Å². The molecule has 0 radical (unpaired) electrons. The van der Waals surface area contributed by atoms with Crippen molar-refractivity contribution in [2.75, 3.05) is 29.9 Å². The number of aromatic nitrogens is 2. The first kappa shape index (κ1) is 20.0. The molecule has 2 aromatic rings. The fourth-order valence-corrected chi connectivity index (χ4v) is 3.56. The molecule has 0 aliphatic carbocycles. The number of piperidine rings is 1. The molecule has 1 unspecified atom stereocenters. The maximum absolute atomic E-state index is 12.1. The van der Waals surface area contributed by atoms with Gasteiger partial charge in [0.25, 0.3) is 0 Å². The number of carbonyl (C=O) groups is 1. The molecule has 1 fully saturated rings. The fourth-order valence-electron chi connectivity index (χ4n) is 3.17. The van der Waals surface area contributed by atoms with Crippen LogP contribution in [0.3, 0.4) is 0 Å². The molecule has 2 heterocycles. The Morgan fingerprint density at radius 1 is 1.43 bits per heavy atom. The van der Waals surface area contributed by atoms with Crippen LogP contribution < -0.4 is 10.2 Å². The van der Waals surface area contributed by atoms with Gasteiger partial charge >= 0.3 is 11.7 Å². The number of nitro groups is 1. The van der Waals surface area contributed by atoms with E-state index in [0.717, 1.165) is 10.9 Å². The van der Waals surface area contributed by atoms with E-state index in [2.05, 4.69) is 31.2 Å². The van der Waals surface area contributed by atoms with Crippen LogP contribution in [0.5, 0.6) is 0 Å². The molecule has 1 aromatic heterocycles. The lowest BCUT2D eigenvalue weighted by Gasteiger charge is -2.32. The molecule has 1 aromatic carbocycles. The molecule has 0 amide bonds. The quantitative estimate of drug-likeness (QED) is 0.403. The third kappa shape index (κ3) is 4.38. The zero-order valence-corrected chi connectivity index (χ0v) is 16.9. The summed E-state index contributed by atoms with van der Waals surface area (Å²) >= 11 is 3.41. The van der Waals surface area contributed by atoms with Crippen molar-refractivity contribution in [1.29, 1.82) is 0 Å². The second-order valence-corrected chi connectivity index (χ2v) is 7.15. The van der Waals surface area contributed by atoms with Crippen molar-refractivity contribution in [3.8, 4) is 0 Å². The van der Waals surface area contributed by atoms with Crippen molar-refractivity contribution in [1.82, 2.24) is 9.97 Å². The SMILES string of the molecule is CCOC(=O)C1CCCN(c2ncnc(Nc3ccccc3Br)c2[N+](=O)[O-])C1. The standard InChI is InChI=1S/C18H20BrN5O4/c1-2-28-18(25)12-6-5-9-23(10-12)17-15(24(26)27)16(20-11-21-17)22-14-8-4-3-7-13(14)19/h3-4,7-8,11-12H,2,5-6,9-10H2,1H3,(H,20,21,22). The van der Waals surface area contributed by atoms with Gasteiger partial charge in [-0.2, -0.15) is 0 Å².